The molecule has 2 N–H and O–H groups in total. The molecule has 3 rings (SSSR count). The van der Waals surface area contributed by atoms with Gasteiger partial charge in [-0.15, -0.1) is 0 Å². The largest absolute Gasteiger partial charge is 0.490 e. The van der Waals surface area contributed by atoms with E-state index >= 15 is 0 Å². The van der Waals surface area contributed by atoms with E-state index < -0.39 is 0 Å². The monoisotopic (exact) mass is 352 g/mol. The number of nitrogens with one attached hydrogen (secondary N) is 2. The maximum atomic E-state index is 12.1. The number of anilines is 1. The third-order valence-electron chi connectivity index (χ3n) is 3.84. The normalized spacial score (nSPS) is 13.1. The molecule has 6 nitrogen and oxygen atoms in total. The fraction of sp³-hybridized carbons (Fsp3) is 0.200. The zero-order valence-electron chi connectivity index (χ0n) is 14.5. The Morgan fingerprint density at radius 2 is 1.73 bits per heavy atom. The number of hydrogen-bond acceptors (Lipinski definition) is 4. The lowest BCUT2D eigenvalue weighted by Gasteiger charge is -2.07. The molecule has 0 spiro atoms. The smallest absolute Gasteiger partial charge is 0.251 e. The Morgan fingerprint density at radius 1 is 1.00 bits per heavy atom. The van der Waals surface area contributed by atoms with E-state index in [1.165, 1.54) is 6.08 Å². The molecule has 0 saturated heterocycles. The minimum Gasteiger partial charge on any atom is -0.490 e. The number of hydrogen-bond donors (Lipinski definition) is 2. The summed E-state index contributed by atoms with van der Waals surface area (Å²) < 4.78 is 11.2. The van der Waals surface area contributed by atoms with Crippen LogP contribution in [0.1, 0.15) is 22.3 Å². The van der Waals surface area contributed by atoms with Gasteiger partial charge in [0.2, 0.25) is 5.91 Å². The highest BCUT2D eigenvalue weighted by Crippen LogP contribution is 2.30. The van der Waals surface area contributed by atoms with E-state index in [1.807, 2.05) is 18.2 Å². The fourth-order valence-corrected chi connectivity index (χ4v) is 2.49. The van der Waals surface area contributed by atoms with Gasteiger partial charge in [-0.05, 0) is 48.0 Å². The maximum Gasteiger partial charge on any atom is 0.251 e. The van der Waals surface area contributed by atoms with Crippen molar-refractivity contribution in [2.24, 2.45) is 0 Å². The lowest BCUT2D eigenvalue weighted by molar-refractivity contribution is -0.111. The molecule has 2 aromatic carbocycles. The average Bonchev–Trinajstić information content (AvgIpc) is 2.91. The molecule has 134 valence electrons. The van der Waals surface area contributed by atoms with Gasteiger partial charge >= 0.3 is 0 Å². The van der Waals surface area contributed by atoms with Crippen LogP contribution in [0.4, 0.5) is 5.69 Å². The summed E-state index contributed by atoms with van der Waals surface area (Å²) in [6, 6.07) is 12.2. The van der Waals surface area contributed by atoms with Gasteiger partial charge in [-0.25, -0.2) is 0 Å². The van der Waals surface area contributed by atoms with Crippen molar-refractivity contribution in [3.05, 3.63) is 59.7 Å². The van der Waals surface area contributed by atoms with Crippen LogP contribution in [0.25, 0.3) is 6.08 Å². The summed E-state index contributed by atoms with van der Waals surface area (Å²) in [5.74, 6) is 0.983. The van der Waals surface area contributed by atoms with E-state index in [2.05, 4.69) is 10.6 Å². The molecule has 0 radical (unpaired) electrons. The summed E-state index contributed by atoms with van der Waals surface area (Å²) in [5.41, 5.74) is 2.00. The van der Waals surface area contributed by atoms with Gasteiger partial charge < -0.3 is 20.1 Å². The molecule has 0 aliphatic carbocycles. The van der Waals surface area contributed by atoms with E-state index in [0.717, 1.165) is 17.7 Å². The zero-order chi connectivity index (χ0) is 18.4. The van der Waals surface area contributed by atoms with Crippen LogP contribution >= 0.6 is 0 Å². The summed E-state index contributed by atoms with van der Waals surface area (Å²) in [4.78, 5) is 23.6. The lowest BCUT2D eigenvalue weighted by Crippen LogP contribution is -2.17. The minimum atomic E-state index is -0.259. The number of carbonyl (C=O) groups excluding carboxylic acids is 2. The van der Waals surface area contributed by atoms with Crippen molar-refractivity contribution in [2.45, 2.75) is 6.42 Å². The van der Waals surface area contributed by atoms with Crippen molar-refractivity contribution in [3.63, 3.8) is 0 Å². The van der Waals surface area contributed by atoms with Crippen molar-refractivity contribution in [1.82, 2.24) is 5.32 Å². The van der Waals surface area contributed by atoms with Gasteiger partial charge in [0.15, 0.2) is 11.5 Å². The van der Waals surface area contributed by atoms with Gasteiger partial charge in [0.05, 0.1) is 13.2 Å². The number of amides is 2. The fourth-order valence-electron chi connectivity index (χ4n) is 2.49. The van der Waals surface area contributed by atoms with Gasteiger partial charge in [-0.3, -0.25) is 9.59 Å². The molecule has 0 atom stereocenters. The predicted octanol–water partition coefficient (Wildman–Crippen LogP) is 2.86. The van der Waals surface area contributed by atoms with Crippen molar-refractivity contribution in [3.8, 4) is 11.5 Å². The third kappa shape index (κ3) is 4.42. The van der Waals surface area contributed by atoms with E-state index in [1.54, 1.807) is 37.4 Å². The van der Waals surface area contributed by atoms with Gasteiger partial charge in [0, 0.05) is 30.8 Å². The lowest BCUT2D eigenvalue weighted by atomic mass is 10.1. The maximum absolute atomic E-state index is 12.1. The molecule has 2 amide bonds. The number of benzene rings is 2. The van der Waals surface area contributed by atoms with Crippen molar-refractivity contribution in [2.75, 3.05) is 25.6 Å². The number of ether oxygens (including phenoxy) is 2. The summed E-state index contributed by atoms with van der Waals surface area (Å²) in [5, 5.41) is 5.30. The highest BCUT2D eigenvalue weighted by molar-refractivity contribution is 6.02. The molecule has 0 saturated carbocycles. The van der Waals surface area contributed by atoms with Crippen LogP contribution < -0.4 is 20.1 Å². The highest BCUT2D eigenvalue weighted by atomic mass is 16.5. The molecule has 2 aromatic rings. The quantitative estimate of drug-likeness (QED) is 0.830. The third-order valence-corrected chi connectivity index (χ3v) is 3.84. The van der Waals surface area contributed by atoms with E-state index in [0.29, 0.717) is 30.2 Å². The van der Waals surface area contributed by atoms with Crippen molar-refractivity contribution in [1.29, 1.82) is 0 Å². The second-order valence-corrected chi connectivity index (χ2v) is 5.74. The van der Waals surface area contributed by atoms with Crippen molar-refractivity contribution >= 4 is 23.6 Å². The first-order chi connectivity index (χ1) is 12.7. The zero-order valence-corrected chi connectivity index (χ0v) is 14.5. The Bertz CT molecular complexity index is 828. The summed E-state index contributed by atoms with van der Waals surface area (Å²) in [6.45, 7) is 1.26. The first-order valence-electron chi connectivity index (χ1n) is 8.36. The first-order valence-corrected chi connectivity index (χ1v) is 8.36. The van der Waals surface area contributed by atoms with E-state index in [9.17, 15) is 9.59 Å². The predicted molar refractivity (Wildman–Crippen MR) is 99.5 cm³/mol. The van der Waals surface area contributed by atoms with E-state index in [-0.39, 0.29) is 11.8 Å². The molecule has 26 heavy (non-hydrogen) atoms. The Morgan fingerprint density at radius 3 is 2.46 bits per heavy atom. The topological polar surface area (TPSA) is 76.7 Å². The highest BCUT2D eigenvalue weighted by Gasteiger charge is 2.10. The van der Waals surface area contributed by atoms with Gasteiger partial charge in [-0.1, -0.05) is 6.07 Å². The standard InChI is InChI=1S/C20H20N2O4/c1-21-20(24)15-5-7-16(8-6-15)22-19(23)10-4-14-3-9-17-18(13-14)26-12-2-11-25-17/h3-10,13H,2,11-12H2,1H3,(H,21,24)(H,22,23)/b10-4+. The molecule has 0 unspecified atom stereocenters. The Kier molecular flexibility index (Phi) is 5.53. The SMILES string of the molecule is CNC(=O)c1ccc(NC(=O)/C=C/c2ccc3c(c2)OCCCO3)cc1. The molecular weight excluding hydrogens is 332 g/mol. The van der Waals surface area contributed by atoms with Crippen LogP contribution in [-0.2, 0) is 4.79 Å². The molecule has 1 heterocycles. The summed E-state index contributed by atoms with van der Waals surface area (Å²) >= 11 is 0. The second kappa shape index (κ2) is 8.20. The van der Waals surface area contributed by atoms with Crippen LogP contribution in [0.2, 0.25) is 0 Å². The number of fused-ring (bicyclic) bond motifs is 1. The van der Waals surface area contributed by atoms with Crippen LogP contribution in [0.15, 0.2) is 48.5 Å². The van der Waals surface area contributed by atoms with Crippen LogP contribution in [-0.4, -0.2) is 32.1 Å². The summed E-state index contributed by atoms with van der Waals surface area (Å²) in [7, 11) is 1.57. The van der Waals surface area contributed by atoms with Crippen LogP contribution in [0, 0.1) is 0 Å². The Labute approximate surface area is 151 Å². The first kappa shape index (κ1) is 17.5. The molecule has 0 aromatic heterocycles. The molecule has 0 bridgehead atoms. The van der Waals surface area contributed by atoms with Gasteiger partial charge in [0.1, 0.15) is 0 Å². The van der Waals surface area contributed by atoms with E-state index in [4.69, 9.17) is 9.47 Å². The van der Waals surface area contributed by atoms with Crippen LogP contribution in [0.3, 0.4) is 0 Å². The molecule has 0 fully saturated rings. The second-order valence-electron chi connectivity index (χ2n) is 5.74. The average molecular weight is 352 g/mol. The molecular formula is C20H20N2O4. The molecule has 1 aliphatic rings. The number of carbonyl (C=O) groups is 2. The number of rotatable bonds is 4. The summed E-state index contributed by atoms with van der Waals surface area (Å²) in [6.07, 6.45) is 4.01. The van der Waals surface area contributed by atoms with Crippen LogP contribution in [0.5, 0.6) is 11.5 Å². The van der Waals surface area contributed by atoms with Gasteiger partial charge in [-0.2, -0.15) is 0 Å². The Balaban J connectivity index is 1.62. The van der Waals surface area contributed by atoms with Gasteiger partial charge in [0.25, 0.3) is 5.91 Å². The molecule has 6 heteroatoms. The minimum absolute atomic E-state index is 0.169. The van der Waals surface area contributed by atoms with Crippen molar-refractivity contribution < 1.29 is 19.1 Å². The molecule has 1 aliphatic heterocycles. The Hall–Kier alpha value is -3.28.